The quantitative estimate of drug-likeness (QED) is 0.668. The Labute approximate surface area is 148 Å². The van der Waals surface area contributed by atoms with Gasteiger partial charge in [-0.1, -0.05) is 23.7 Å². The topological polar surface area (TPSA) is 95.1 Å². The van der Waals surface area contributed by atoms with Crippen molar-refractivity contribution < 1.29 is 9.90 Å². The van der Waals surface area contributed by atoms with E-state index in [-0.39, 0.29) is 5.56 Å². The second-order valence-corrected chi connectivity index (χ2v) is 6.12. The summed E-state index contributed by atoms with van der Waals surface area (Å²) >= 11 is 6.13. The number of benzene rings is 2. The second-order valence-electron chi connectivity index (χ2n) is 5.71. The number of nitrogens with zero attached hydrogens (tertiary/aromatic N) is 1. The van der Waals surface area contributed by atoms with E-state index in [0.717, 1.165) is 11.1 Å². The fourth-order valence-corrected chi connectivity index (χ4v) is 2.69. The van der Waals surface area contributed by atoms with E-state index in [1.165, 1.54) is 6.07 Å². The van der Waals surface area contributed by atoms with Crippen molar-refractivity contribution >= 4 is 34.1 Å². The highest BCUT2D eigenvalue weighted by atomic mass is 35.5. The Bertz CT molecular complexity index is 1010. The van der Waals surface area contributed by atoms with Gasteiger partial charge in [-0.15, -0.1) is 0 Å². The summed E-state index contributed by atoms with van der Waals surface area (Å²) in [5.41, 5.74) is 2.60. The van der Waals surface area contributed by atoms with Gasteiger partial charge in [-0.05, 0) is 42.3 Å². The number of fused-ring (bicyclic) bond motifs is 1. The number of amides is 1. The Morgan fingerprint density at radius 1 is 1.28 bits per heavy atom. The lowest BCUT2D eigenvalue weighted by Gasteiger charge is -2.07. The first-order valence-corrected chi connectivity index (χ1v) is 8.03. The molecule has 1 aromatic heterocycles. The lowest BCUT2D eigenvalue weighted by molar-refractivity contribution is -0.118. The fourth-order valence-electron chi connectivity index (χ4n) is 2.49. The molecule has 0 aliphatic carbocycles. The molecule has 7 heteroatoms. The van der Waals surface area contributed by atoms with Crippen molar-refractivity contribution in [3.05, 3.63) is 68.7 Å². The third kappa shape index (κ3) is 3.87. The number of hydrogen-bond acceptors (Lipinski definition) is 4. The van der Waals surface area contributed by atoms with Gasteiger partial charge in [0.2, 0.25) is 5.91 Å². The number of aliphatic hydroxyl groups excluding tert-OH is 1. The first-order valence-electron chi connectivity index (χ1n) is 7.65. The number of aromatic amines is 1. The number of carbonyl (C=O) groups is 1. The van der Waals surface area contributed by atoms with Crippen LogP contribution in [0.5, 0.6) is 0 Å². The molecule has 1 heterocycles. The minimum absolute atomic E-state index is 0.293. The molecule has 128 valence electrons. The number of aromatic nitrogens is 2. The Balaban J connectivity index is 1.93. The van der Waals surface area contributed by atoms with Crippen LogP contribution < -0.4 is 10.9 Å². The molecule has 2 aromatic carbocycles. The number of hydrogen-bond donors (Lipinski definition) is 3. The van der Waals surface area contributed by atoms with Crippen molar-refractivity contribution in [2.45, 2.75) is 13.3 Å². The van der Waals surface area contributed by atoms with E-state index >= 15 is 0 Å². The highest BCUT2D eigenvalue weighted by Crippen LogP contribution is 2.19. The largest absolute Gasteiger partial charge is 0.387 e. The molecule has 25 heavy (non-hydrogen) atoms. The molecule has 0 radical (unpaired) electrons. The normalized spacial score (nSPS) is 10.8. The second kappa shape index (κ2) is 7.04. The summed E-state index contributed by atoms with van der Waals surface area (Å²) in [6.45, 7) is 1.31. The zero-order valence-electron chi connectivity index (χ0n) is 13.5. The summed E-state index contributed by atoms with van der Waals surface area (Å²) in [6, 6.07) is 10.5. The van der Waals surface area contributed by atoms with Crippen molar-refractivity contribution in [1.29, 1.82) is 0 Å². The molecular formula is C18H16ClN3O3. The number of H-pyrrole nitrogens is 1. The van der Waals surface area contributed by atoms with Gasteiger partial charge in [0.05, 0.1) is 10.9 Å². The zero-order valence-corrected chi connectivity index (χ0v) is 14.2. The summed E-state index contributed by atoms with van der Waals surface area (Å²) in [5, 5.41) is 12.3. The Hall–Kier alpha value is -2.70. The van der Waals surface area contributed by atoms with E-state index in [0.29, 0.717) is 33.9 Å². The summed E-state index contributed by atoms with van der Waals surface area (Å²) < 4.78 is 0. The van der Waals surface area contributed by atoms with Gasteiger partial charge in [-0.25, -0.2) is 4.98 Å². The highest BCUT2D eigenvalue weighted by molar-refractivity contribution is 6.31. The van der Waals surface area contributed by atoms with Crippen LogP contribution in [-0.4, -0.2) is 27.6 Å². The van der Waals surface area contributed by atoms with E-state index in [4.69, 9.17) is 16.7 Å². The highest BCUT2D eigenvalue weighted by Gasteiger charge is 2.08. The molecule has 0 spiro atoms. The number of nitrogens with one attached hydrogen (secondary N) is 2. The standard InChI is InChI=1S/C18H16ClN3O3/c1-10-2-3-11(6-14(10)19)7-16-21-15-5-4-12(20-17(24)9-23)8-13(15)18(25)22-16/h2-6,8,23H,7,9H2,1H3,(H,20,24)(H,21,22,25). The van der Waals surface area contributed by atoms with Crippen LogP contribution in [-0.2, 0) is 11.2 Å². The number of aliphatic hydroxyl groups is 1. The minimum Gasteiger partial charge on any atom is -0.387 e. The predicted octanol–water partition coefficient (Wildman–Crippen LogP) is 2.41. The van der Waals surface area contributed by atoms with Gasteiger partial charge in [0.25, 0.3) is 5.56 Å². The molecule has 0 atom stereocenters. The van der Waals surface area contributed by atoms with Crippen molar-refractivity contribution in [3.8, 4) is 0 Å². The van der Waals surface area contributed by atoms with Gasteiger partial charge in [0.15, 0.2) is 0 Å². The number of halogens is 1. The van der Waals surface area contributed by atoms with Gasteiger partial charge in [0.1, 0.15) is 12.4 Å². The molecule has 1 amide bonds. The van der Waals surface area contributed by atoms with Gasteiger partial charge >= 0.3 is 0 Å². The SMILES string of the molecule is Cc1ccc(Cc2nc3ccc(NC(=O)CO)cc3c(=O)[nH]2)cc1Cl. The van der Waals surface area contributed by atoms with Crippen molar-refractivity contribution in [2.24, 2.45) is 0 Å². The maximum atomic E-state index is 12.3. The zero-order chi connectivity index (χ0) is 18.0. The van der Waals surface area contributed by atoms with Gasteiger partial charge < -0.3 is 15.4 Å². The van der Waals surface area contributed by atoms with Crippen LogP contribution >= 0.6 is 11.6 Å². The molecule has 3 aromatic rings. The number of carbonyl (C=O) groups excluding carboxylic acids is 1. The maximum Gasteiger partial charge on any atom is 0.258 e. The van der Waals surface area contributed by atoms with E-state index in [1.54, 1.807) is 12.1 Å². The van der Waals surface area contributed by atoms with Gasteiger partial charge in [-0.2, -0.15) is 0 Å². The predicted molar refractivity (Wildman–Crippen MR) is 97.1 cm³/mol. The van der Waals surface area contributed by atoms with Crippen molar-refractivity contribution in [1.82, 2.24) is 9.97 Å². The van der Waals surface area contributed by atoms with Gasteiger partial charge in [0, 0.05) is 17.1 Å². The third-order valence-electron chi connectivity index (χ3n) is 3.79. The molecule has 0 fully saturated rings. The molecule has 3 N–H and O–H groups in total. The summed E-state index contributed by atoms with van der Waals surface area (Å²) in [5.74, 6) is -0.0128. The number of anilines is 1. The molecule has 0 aliphatic heterocycles. The first kappa shape index (κ1) is 17.1. The Morgan fingerprint density at radius 2 is 2.08 bits per heavy atom. The maximum absolute atomic E-state index is 12.3. The van der Waals surface area contributed by atoms with Crippen LogP contribution in [0.4, 0.5) is 5.69 Å². The molecular weight excluding hydrogens is 342 g/mol. The van der Waals surface area contributed by atoms with Crippen LogP contribution in [0, 0.1) is 6.92 Å². The summed E-state index contributed by atoms with van der Waals surface area (Å²) in [6.07, 6.45) is 0.453. The van der Waals surface area contributed by atoms with Crippen LogP contribution in [0.1, 0.15) is 17.0 Å². The minimum atomic E-state index is -0.620. The molecule has 0 saturated heterocycles. The van der Waals surface area contributed by atoms with Crippen LogP contribution in [0.2, 0.25) is 5.02 Å². The monoisotopic (exact) mass is 357 g/mol. The first-order chi connectivity index (χ1) is 12.0. The molecule has 0 saturated carbocycles. The van der Waals surface area contributed by atoms with Gasteiger partial charge in [-0.3, -0.25) is 9.59 Å². The third-order valence-corrected chi connectivity index (χ3v) is 4.20. The average Bonchev–Trinajstić information content (AvgIpc) is 2.58. The summed E-state index contributed by atoms with van der Waals surface area (Å²) in [4.78, 5) is 30.8. The molecule has 0 aliphatic rings. The number of rotatable bonds is 4. The van der Waals surface area contributed by atoms with Crippen LogP contribution in [0.25, 0.3) is 10.9 Å². The Kier molecular flexibility index (Phi) is 4.83. The van der Waals surface area contributed by atoms with Crippen molar-refractivity contribution in [3.63, 3.8) is 0 Å². The van der Waals surface area contributed by atoms with E-state index in [1.807, 2.05) is 25.1 Å². The van der Waals surface area contributed by atoms with E-state index in [9.17, 15) is 9.59 Å². The van der Waals surface area contributed by atoms with Crippen LogP contribution in [0.3, 0.4) is 0 Å². The Morgan fingerprint density at radius 3 is 2.80 bits per heavy atom. The molecule has 3 rings (SSSR count). The fraction of sp³-hybridized carbons (Fsp3) is 0.167. The molecule has 6 nitrogen and oxygen atoms in total. The average molecular weight is 358 g/mol. The van der Waals surface area contributed by atoms with E-state index < -0.39 is 12.5 Å². The lowest BCUT2D eigenvalue weighted by Crippen LogP contribution is -2.16. The smallest absolute Gasteiger partial charge is 0.258 e. The lowest BCUT2D eigenvalue weighted by atomic mass is 10.1. The van der Waals surface area contributed by atoms with E-state index in [2.05, 4.69) is 15.3 Å². The number of aryl methyl sites for hydroxylation is 1. The molecule has 0 bridgehead atoms. The van der Waals surface area contributed by atoms with Crippen LogP contribution in [0.15, 0.2) is 41.2 Å². The summed E-state index contributed by atoms with van der Waals surface area (Å²) in [7, 11) is 0. The molecule has 0 unspecified atom stereocenters. The van der Waals surface area contributed by atoms with Crippen molar-refractivity contribution in [2.75, 3.05) is 11.9 Å².